The Balaban J connectivity index is 1.69. The van der Waals surface area contributed by atoms with E-state index in [9.17, 15) is 10.1 Å². The van der Waals surface area contributed by atoms with Crippen LogP contribution in [-0.2, 0) is 11.4 Å². The molecule has 0 radical (unpaired) electrons. The van der Waals surface area contributed by atoms with Crippen LogP contribution in [-0.4, -0.2) is 19.1 Å². The van der Waals surface area contributed by atoms with Crippen molar-refractivity contribution in [3.05, 3.63) is 86.0 Å². The SMILES string of the molecule is CCCOc1c(I)cc(/C=C(\C#N)C(=O)Nc2ccc(OCc3ccc(Cl)cc3)cc2)cc1OCC. The molecule has 0 atom stereocenters. The predicted octanol–water partition coefficient (Wildman–Crippen LogP) is 7.26. The summed E-state index contributed by atoms with van der Waals surface area (Å²) >= 11 is 8.07. The molecule has 0 aromatic heterocycles. The van der Waals surface area contributed by atoms with Crippen LogP contribution in [0.1, 0.15) is 31.4 Å². The van der Waals surface area contributed by atoms with E-state index in [4.69, 9.17) is 25.8 Å². The maximum absolute atomic E-state index is 12.8. The zero-order valence-electron chi connectivity index (χ0n) is 20.0. The van der Waals surface area contributed by atoms with Crippen molar-refractivity contribution in [1.29, 1.82) is 5.26 Å². The molecule has 3 aromatic carbocycles. The summed E-state index contributed by atoms with van der Waals surface area (Å²) in [5.74, 6) is 1.39. The lowest BCUT2D eigenvalue weighted by Crippen LogP contribution is -2.13. The van der Waals surface area contributed by atoms with Crippen molar-refractivity contribution in [2.24, 2.45) is 0 Å². The van der Waals surface area contributed by atoms with E-state index in [1.54, 1.807) is 30.3 Å². The van der Waals surface area contributed by atoms with Crippen molar-refractivity contribution in [2.45, 2.75) is 26.9 Å². The second-order valence-corrected chi connectivity index (χ2v) is 9.27. The van der Waals surface area contributed by atoms with Gasteiger partial charge in [0.1, 0.15) is 24.0 Å². The van der Waals surface area contributed by atoms with Crippen LogP contribution < -0.4 is 19.5 Å². The highest BCUT2D eigenvalue weighted by molar-refractivity contribution is 14.1. The molecular weight excluding hydrogens is 591 g/mol. The number of nitrogens with zero attached hydrogens (tertiary/aromatic N) is 1. The number of hydrogen-bond acceptors (Lipinski definition) is 5. The quantitative estimate of drug-likeness (QED) is 0.139. The van der Waals surface area contributed by atoms with Crippen LogP contribution in [0.4, 0.5) is 5.69 Å². The largest absolute Gasteiger partial charge is 0.490 e. The molecule has 36 heavy (non-hydrogen) atoms. The molecular formula is C28H26ClIN2O4. The molecule has 3 aromatic rings. The third kappa shape index (κ3) is 7.90. The third-order valence-electron chi connectivity index (χ3n) is 4.89. The summed E-state index contributed by atoms with van der Waals surface area (Å²) in [5, 5.41) is 13.1. The Morgan fingerprint density at radius 3 is 2.42 bits per heavy atom. The van der Waals surface area contributed by atoms with E-state index in [0.29, 0.717) is 53.3 Å². The summed E-state index contributed by atoms with van der Waals surface area (Å²) < 4.78 is 18.2. The number of carbonyl (C=O) groups excluding carboxylic acids is 1. The number of ether oxygens (including phenoxy) is 3. The normalized spacial score (nSPS) is 10.9. The van der Waals surface area contributed by atoms with Crippen LogP contribution in [0.15, 0.2) is 66.2 Å². The van der Waals surface area contributed by atoms with E-state index in [1.807, 2.05) is 50.2 Å². The summed E-state index contributed by atoms with van der Waals surface area (Å²) in [7, 11) is 0. The molecule has 0 aliphatic carbocycles. The monoisotopic (exact) mass is 616 g/mol. The van der Waals surface area contributed by atoms with E-state index in [2.05, 4.69) is 27.9 Å². The van der Waals surface area contributed by atoms with Crippen molar-refractivity contribution in [3.8, 4) is 23.3 Å². The van der Waals surface area contributed by atoms with Gasteiger partial charge in [-0.2, -0.15) is 5.26 Å². The van der Waals surface area contributed by atoms with Crippen LogP contribution >= 0.6 is 34.2 Å². The van der Waals surface area contributed by atoms with Crippen LogP contribution in [0.25, 0.3) is 6.08 Å². The van der Waals surface area contributed by atoms with Gasteiger partial charge in [0.05, 0.1) is 16.8 Å². The Morgan fingerprint density at radius 2 is 1.78 bits per heavy atom. The highest BCUT2D eigenvalue weighted by Crippen LogP contribution is 2.35. The molecule has 0 aliphatic heterocycles. The molecule has 0 spiro atoms. The molecule has 0 unspecified atom stereocenters. The predicted molar refractivity (Wildman–Crippen MR) is 151 cm³/mol. The third-order valence-corrected chi connectivity index (χ3v) is 5.94. The van der Waals surface area contributed by atoms with Gasteiger partial charge >= 0.3 is 0 Å². The van der Waals surface area contributed by atoms with Crippen molar-refractivity contribution >= 4 is 51.9 Å². The van der Waals surface area contributed by atoms with Crippen LogP contribution in [0.5, 0.6) is 17.2 Å². The molecule has 0 saturated heterocycles. The smallest absolute Gasteiger partial charge is 0.266 e. The fraction of sp³-hybridized carbons (Fsp3) is 0.214. The minimum Gasteiger partial charge on any atom is -0.490 e. The topological polar surface area (TPSA) is 80.6 Å². The Kier molecular flexibility index (Phi) is 10.5. The fourth-order valence-electron chi connectivity index (χ4n) is 3.17. The molecule has 0 saturated carbocycles. The first-order chi connectivity index (χ1) is 17.4. The number of benzene rings is 3. The Labute approximate surface area is 230 Å². The molecule has 1 N–H and O–H groups in total. The molecule has 8 heteroatoms. The molecule has 6 nitrogen and oxygen atoms in total. The summed E-state index contributed by atoms with van der Waals surface area (Å²) in [6, 6.07) is 20.0. The van der Waals surface area contributed by atoms with Gasteiger partial charge in [-0.05, 0) is 102 Å². The van der Waals surface area contributed by atoms with Crippen molar-refractivity contribution in [1.82, 2.24) is 0 Å². The maximum atomic E-state index is 12.8. The van der Waals surface area contributed by atoms with Gasteiger partial charge in [0, 0.05) is 10.7 Å². The van der Waals surface area contributed by atoms with E-state index in [0.717, 1.165) is 15.6 Å². The fourth-order valence-corrected chi connectivity index (χ4v) is 4.08. The molecule has 3 rings (SSSR count). The van der Waals surface area contributed by atoms with Gasteiger partial charge < -0.3 is 19.5 Å². The highest BCUT2D eigenvalue weighted by Gasteiger charge is 2.14. The van der Waals surface area contributed by atoms with Gasteiger partial charge in [-0.3, -0.25) is 4.79 Å². The minimum atomic E-state index is -0.508. The van der Waals surface area contributed by atoms with E-state index >= 15 is 0 Å². The van der Waals surface area contributed by atoms with Crippen molar-refractivity contribution in [3.63, 3.8) is 0 Å². The Bertz CT molecular complexity index is 1250. The lowest BCUT2D eigenvalue weighted by atomic mass is 10.1. The number of nitrogens with one attached hydrogen (secondary N) is 1. The second kappa shape index (κ2) is 13.8. The summed E-state index contributed by atoms with van der Waals surface area (Å²) in [5.41, 5.74) is 2.18. The standard InChI is InChI=1S/C28H26ClIN2O4/c1-3-13-35-27-25(30)15-20(16-26(27)34-4-2)14-21(17-31)28(33)32-23-9-11-24(12-10-23)36-18-19-5-7-22(29)8-6-19/h5-12,14-16H,3-4,13,18H2,1-2H3,(H,32,33)/b21-14+. The van der Waals surface area contributed by atoms with E-state index < -0.39 is 5.91 Å². The highest BCUT2D eigenvalue weighted by atomic mass is 127. The Hall–Kier alpha value is -3.22. The van der Waals surface area contributed by atoms with Gasteiger partial charge in [0.25, 0.3) is 5.91 Å². The van der Waals surface area contributed by atoms with Crippen molar-refractivity contribution in [2.75, 3.05) is 18.5 Å². The number of carbonyl (C=O) groups is 1. The molecule has 1 amide bonds. The molecule has 0 bridgehead atoms. The number of nitriles is 1. The number of halogens is 2. The van der Waals surface area contributed by atoms with Crippen LogP contribution in [0.3, 0.4) is 0 Å². The zero-order valence-corrected chi connectivity index (χ0v) is 22.9. The molecule has 0 fully saturated rings. The van der Waals surface area contributed by atoms with Gasteiger partial charge in [0.2, 0.25) is 0 Å². The minimum absolute atomic E-state index is 0.0291. The van der Waals surface area contributed by atoms with Crippen LogP contribution in [0.2, 0.25) is 5.02 Å². The number of rotatable bonds is 11. The lowest BCUT2D eigenvalue weighted by Gasteiger charge is -2.14. The number of amides is 1. The van der Waals surface area contributed by atoms with Gasteiger partial charge in [-0.25, -0.2) is 0 Å². The average molecular weight is 617 g/mol. The van der Waals surface area contributed by atoms with E-state index in [1.165, 1.54) is 6.08 Å². The summed E-state index contributed by atoms with van der Waals surface area (Å²) in [6.45, 7) is 5.36. The van der Waals surface area contributed by atoms with Crippen LogP contribution in [0, 0.1) is 14.9 Å². The lowest BCUT2D eigenvalue weighted by molar-refractivity contribution is -0.112. The number of anilines is 1. The van der Waals surface area contributed by atoms with E-state index in [-0.39, 0.29) is 5.57 Å². The summed E-state index contributed by atoms with van der Waals surface area (Å²) in [6.07, 6.45) is 2.41. The molecule has 186 valence electrons. The Morgan fingerprint density at radius 1 is 1.06 bits per heavy atom. The van der Waals surface area contributed by atoms with Gasteiger partial charge in [0.15, 0.2) is 11.5 Å². The van der Waals surface area contributed by atoms with Gasteiger partial charge in [-0.1, -0.05) is 30.7 Å². The summed E-state index contributed by atoms with van der Waals surface area (Å²) in [4.78, 5) is 12.8. The van der Waals surface area contributed by atoms with Gasteiger partial charge in [-0.15, -0.1) is 0 Å². The molecule has 0 heterocycles. The first kappa shape index (κ1) is 27.4. The zero-order chi connectivity index (χ0) is 25.9. The molecule has 0 aliphatic rings. The second-order valence-electron chi connectivity index (χ2n) is 7.67. The first-order valence-corrected chi connectivity index (χ1v) is 12.9. The first-order valence-electron chi connectivity index (χ1n) is 11.4. The van der Waals surface area contributed by atoms with Crippen molar-refractivity contribution < 1.29 is 19.0 Å². The average Bonchev–Trinajstić information content (AvgIpc) is 2.87. The number of hydrogen-bond donors (Lipinski definition) is 1. The maximum Gasteiger partial charge on any atom is 0.266 e.